The Balaban J connectivity index is 0.00000364. The minimum atomic E-state index is 0. The fourth-order valence-electron chi connectivity index (χ4n) is 2.77. The van der Waals surface area contributed by atoms with E-state index in [1.54, 1.807) is 13.1 Å². The number of nitrogens with zero attached hydrogens (tertiary/aromatic N) is 4. The van der Waals surface area contributed by atoms with E-state index in [0.29, 0.717) is 24.1 Å². The Morgan fingerprint density at radius 1 is 1.41 bits per heavy atom. The van der Waals surface area contributed by atoms with Gasteiger partial charge in [-0.1, -0.05) is 31.5 Å². The van der Waals surface area contributed by atoms with Crippen LogP contribution in [0.1, 0.15) is 31.0 Å². The third-order valence-corrected chi connectivity index (χ3v) is 4.15. The van der Waals surface area contributed by atoms with Gasteiger partial charge in [-0.05, 0) is 24.1 Å². The van der Waals surface area contributed by atoms with Gasteiger partial charge in [-0.25, -0.2) is 0 Å². The number of halogens is 2. The van der Waals surface area contributed by atoms with Crippen LogP contribution in [-0.4, -0.2) is 47.9 Å². The monoisotopic (exact) mass is 505 g/mol. The Morgan fingerprint density at radius 2 is 2.15 bits per heavy atom. The summed E-state index contributed by atoms with van der Waals surface area (Å²) in [4.78, 5) is 6.44. The van der Waals surface area contributed by atoms with Crippen molar-refractivity contribution in [3.63, 3.8) is 0 Å². The van der Waals surface area contributed by atoms with Gasteiger partial charge in [0.05, 0.1) is 12.2 Å². The van der Waals surface area contributed by atoms with Gasteiger partial charge in [-0.2, -0.15) is 5.10 Å². The molecular formula is C19H29ClIN5O. The van der Waals surface area contributed by atoms with Crippen LogP contribution in [0.15, 0.2) is 35.5 Å². The molecule has 0 aliphatic rings. The average Bonchev–Trinajstić information content (AvgIpc) is 2.95. The molecule has 1 aromatic carbocycles. The van der Waals surface area contributed by atoms with Gasteiger partial charge < -0.3 is 15.0 Å². The maximum absolute atomic E-state index is 5.96. The van der Waals surface area contributed by atoms with Crippen LogP contribution in [-0.2, 0) is 13.6 Å². The molecule has 0 atom stereocenters. The standard InChI is InChI=1S/C19H28ClN5O.HI/c1-14(2)18-15(13-25(5)23-18)12-24(4)19(21-3)22-9-10-26-17-8-6-7-16(20)11-17;/h6-8,11,13-14H,9-10,12H2,1-5H3,(H,21,22);1H. The Kier molecular flexibility index (Phi) is 9.93. The molecule has 8 heteroatoms. The molecule has 0 saturated heterocycles. The molecule has 0 saturated carbocycles. The van der Waals surface area contributed by atoms with Crippen molar-refractivity contribution in [2.24, 2.45) is 12.0 Å². The van der Waals surface area contributed by atoms with Crippen molar-refractivity contribution in [1.29, 1.82) is 0 Å². The number of ether oxygens (including phenoxy) is 1. The summed E-state index contributed by atoms with van der Waals surface area (Å²) in [6.07, 6.45) is 2.07. The van der Waals surface area contributed by atoms with Gasteiger partial charge in [0.15, 0.2) is 5.96 Å². The molecule has 0 radical (unpaired) electrons. The quantitative estimate of drug-likeness (QED) is 0.268. The van der Waals surface area contributed by atoms with Crippen LogP contribution >= 0.6 is 35.6 Å². The smallest absolute Gasteiger partial charge is 0.193 e. The van der Waals surface area contributed by atoms with Crippen molar-refractivity contribution in [1.82, 2.24) is 20.0 Å². The first-order valence-electron chi connectivity index (χ1n) is 8.73. The molecule has 1 N–H and O–H groups in total. The summed E-state index contributed by atoms with van der Waals surface area (Å²) in [7, 11) is 5.75. The Bertz CT molecular complexity index is 747. The summed E-state index contributed by atoms with van der Waals surface area (Å²) < 4.78 is 7.57. The first-order chi connectivity index (χ1) is 12.4. The zero-order chi connectivity index (χ0) is 19.1. The Hall–Kier alpha value is -1.48. The van der Waals surface area contributed by atoms with Crippen LogP contribution in [0.3, 0.4) is 0 Å². The van der Waals surface area contributed by atoms with E-state index in [1.165, 1.54) is 5.56 Å². The number of aromatic nitrogens is 2. The average molecular weight is 506 g/mol. The first-order valence-corrected chi connectivity index (χ1v) is 9.11. The summed E-state index contributed by atoms with van der Waals surface area (Å²) in [5, 5.41) is 8.55. The predicted molar refractivity (Wildman–Crippen MR) is 122 cm³/mol. The normalized spacial score (nSPS) is 11.3. The van der Waals surface area contributed by atoms with Gasteiger partial charge >= 0.3 is 0 Å². The number of rotatable bonds is 7. The van der Waals surface area contributed by atoms with Crippen molar-refractivity contribution in [3.05, 3.63) is 46.7 Å². The maximum atomic E-state index is 5.96. The third-order valence-electron chi connectivity index (χ3n) is 3.91. The van der Waals surface area contributed by atoms with E-state index in [0.717, 1.165) is 23.9 Å². The van der Waals surface area contributed by atoms with Crippen molar-refractivity contribution in [2.45, 2.75) is 26.3 Å². The van der Waals surface area contributed by atoms with Crippen LogP contribution in [0.4, 0.5) is 0 Å². The molecule has 6 nitrogen and oxygen atoms in total. The summed E-state index contributed by atoms with van der Waals surface area (Å²) in [5.74, 6) is 1.97. The number of hydrogen-bond donors (Lipinski definition) is 1. The molecule has 0 fully saturated rings. The van der Waals surface area contributed by atoms with Crippen LogP contribution in [0.25, 0.3) is 0 Å². The highest BCUT2D eigenvalue weighted by Gasteiger charge is 2.15. The highest BCUT2D eigenvalue weighted by Crippen LogP contribution is 2.19. The van der Waals surface area contributed by atoms with E-state index in [1.807, 2.05) is 37.0 Å². The van der Waals surface area contributed by atoms with Crippen molar-refractivity contribution in [2.75, 3.05) is 27.2 Å². The lowest BCUT2D eigenvalue weighted by Crippen LogP contribution is -2.40. The third kappa shape index (κ3) is 7.21. The molecule has 0 spiro atoms. The van der Waals surface area contributed by atoms with Gasteiger partial charge in [0.25, 0.3) is 0 Å². The first kappa shape index (κ1) is 23.6. The van der Waals surface area contributed by atoms with E-state index < -0.39 is 0 Å². The second-order valence-electron chi connectivity index (χ2n) is 6.50. The van der Waals surface area contributed by atoms with Gasteiger partial charge in [0.1, 0.15) is 12.4 Å². The van der Waals surface area contributed by atoms with Gasteiger partial charge in [0, 0.05) is 44.5 Å². The van der Waals surface area contributed by atoms with Gasteiger partial charge in [0.2, 0.25) is 0 Å². The van der Waals surface area contributed by atoms with Crippen molar-refractivity contribution >= 4 is 41.5 Å². The highest BCUT2D eigenvalue weighted by molar-refractivity contribution is 14.0. The largest absolute Gasteiger partial charge is 0.492 e. The Labute approximate surface area is 184 Å². The molecule has 27 heavy (non-hydrogen) atoms. The fraction of sp³-hybridized carbons (Fsp3) is 0.474. The molecule has 150 valence electrons. The van der Waals surface area contributed by atoms with E-state index in [4.69, 9.17) is 16.3 Å². The summed E-state index contributed by atoms with van der Waals surface area (Å²) in [6.45, 7) is 6.24. The lowest BCUT2D eigenvalue weighted by Gasteiger charge is -2.22. The lowest BCUT2D eigenvalue weighted by atomic mass is 10.1. The molecule has 0 unspecified atom stereocenters. The summed E-state index contributed by atoms with van der Waals surface area (Å²) >= 11 is 5.96. The summed E-state index contributed by atoms with van der Waals surface area (Å²) in [6, 6.07) is 7.40. The van der Waals surface area contributed by atoms with Crippen molar-refractivity contribution in [3.8, 4) is 5.75 Å². The second-order valence-corrected chi connectivity index (χ2v) is 6.94. The maximum Gasteiger partial charge on any atom is 0.193 e. The van der Waals surface area contributed by atoms with E-state index >= 15 is 0 Å². The molecule has 0 aliphatic carbocycles. The van der Waals surface area contributed by atoms with Crippen LogP contribution in [0.5, 0.6) is 5.75 Å². The van der Waals surface area contributed by atoms with Gasteiger partial charge in [-0.3, -0.25) is 9.67 Å². The van der Waals surface area contributed by atoms with Crippen LogP contribution in [0.2, 0.25) is 5.02 Å². The number of benzene rings is 1. The molecule has 1 heterocycles. The van der Waals surface area contributed by atoms with E-state index in [-0.39, 0.29) is 24.0 Å². The van der Waals surface area contributed by atoms with Crippen LogP contribution in [0, 0.1) is 0 Å². The van der Waals surface area contributed by atoms with Gasteiger partial charge in [-0.15, -0.1) is 24.0 Å². The summed E-state index contributed by atoms with van der Waals surface area (Å²) in [5.41, 5.74) is 2.34. The number of nitrogens with one attached hydrogen (secondary N) is 1. The SMILES string of the molecule is CN=C(NCCOc1cccc(Cl)c1)N(C)Cc1cn(C)nc1C(C)C.I. The minimum Gasteiger partial charge on any atom is -0.492 e. The highest BCUT2D eigenvalue weighted by atomic mass is 127. The molecule has 0 amide bonds. The second kappa shape index (κ2) is 11.4. The molecule has 0 bridgehead atoms. The zero-order valence-corrected chi connectivity index (χ0v) is 19.7. The zero-order valence-electron chi connectivity index (χ0n) is 16.6. The molecule has 2 rings (SSSR count). The van der Waals surface area contributed by atoms with E-state index in [9.17, 15) is 0 Å². The molecule has 0 aliphatic heterocycles. The topological polar surface area (TPSA) is 54.7 Å². The number of aliphatic imine (C=N–C) groups is 1. The van der Waals surface area contributed by atoms with E-state index in [2.05, 4.69) is 40.4 Å². The molecule has 2 aromatic rings. The number of aryl methyl sites for hydroxylation is 1. The molecule has 1 aromatic heterocycles. The minimum absolute atomic E-state index is 0. The fourth-order valence-corrected chi connectivity index (χ4v) is 2.95. The predicted octanol–water partition coefficient (Wildman–Crippen LogP) is 3.90. The number of guanidine groups is 1. The Morgan fingerprint density at radius 3 is 2.78 bits per heavy atom. The van der Waals surface area contributed by atoms with Crippen LogP contribution < -0.4 is 10.1 Å². The number of hydrogen-bond acceptors (Lipinski definition) is 3. The lowest BCUT2D eigenvalue weighted by molar-refractivity contribution is 0.319. The van der Waals surface area contributed by atoms with Crippen molar-refractivity contribution < 1.29 is 4.74 Å². The molecular weight excluding hydrogens is 477 g/mol.